The molecule has 13 heavy (non-hydrogen) atoms. The van der Waals surface area contributed by atoms with Crippen molar-refractivity contribution in [2.24, 2.45) is 5.73 Å². The summed E-state index contributed by atoms with van der Waals surface area (Å²) in [6.45, 7) is 0. The molecule has 0 saturated heterocycles. The highest BCUT2D eigenvalue weighted by Crippen LogP contribution is 2.37. The maximum absolute atomic E-state index is 6.00. The molecule has 1 aliphatic rings. The van der Waals surface area contributed by atoms with Crippen LogP contribution in [0.1, 0.15) is 12.8 Å². The summed E-state index contributed by atoms with van der Waals surface area (Å²) in [7, 11) is 0. The van der Waals surface area contributed by atoms with E-state index in [1.165, 1.54) is 17.7 Å². The van der Waals surface area contributed by atoms with Crippen LogP contribution in [0.2, 0.25) is 0 Å². The minimum atomic E-state index is 0.146. The molecule has 0 atom stereocenters. The Morgan fingerprint density at radius 3 is 2.85 bits per heavy atom. The molecule has 0 radical (unpaired) electrons. The highest BCUT2D eigenvalue weighted by Gasteiger charge is 2.37. The van der Waals surface area contributed by atoms with E-state index in [4.69, 9.17) is 5.73 Å². The first kappa shape index (κ1) is 9.56. The first-order valence-corrected chi connectivity index (χ1v) is 6.13. The number of thioether (sulfide) groups is 1. The second kappa shape index (κ2) is 3.64. The van der Waals surface area contributed by atoms with Crippen LogP contribution >= 0.6 is 27.7 Å². The molecule has 0 aliphatic heterocycles. The number of nitrogens with two attached hydrogens (primary N) is 1. The summed E-state index contributed by atoms with van der Waals surface area (Å²) < 4.78 is 1.14. The molecule has 1 aromatic rings. The van der Waals surface area contributed by atoms with Gasteiger partial charge in [-0.05, 0) is 31.0 Å². The van der Waals surface area contributed by atoms with Crippen molar-refractivity contribution in [1.29, 1.82) is 0 Å². The van der Waals surface area contributed by atoms with E-state index in [9.17, 15) is 0 Å². The minimum Gasteiger partial charge on any atom is -0.324 e. The van der Waals surface area contributed by atoms with Gasteiger partial charge in [-0.25, -0.2) is 0 Å². The number of hydrogen-bond donors (Lipinski definition) is 1. The van der Waals surface area contributed by atoms with Crippen LogP contribution < -0.4 is 5.73 Å². The van der Waals surface area contributed by atoms with Gasteiger partial charge in [-0.1, -0.05) is 22.0 Å². The van der Waals surface area contributed by atoms with Gasteiger partial charge in [0.05, 0.1) is 0 Å². The molecule has 0 amide bonds. The van der Waals surface area contributed by atoms with Crippen molar-refractivity contribution in [1.82, 2.24) is 0 Å². The lowest BCUT2D eigenvalue weighted by Gasteiger charge is -2.07. The van der Waals surface area contributed by atoms with Gasteiger partial charge in [0.25, 0.3) is 0 Å². The molecule has 70 valence electrons. The van der Waals surface area contributed by atoms with E-state index in [0.29, 0.717) is 0 Å². The number of halogens is 1. The lowest BCUT2D eigenvalue weighted by Crippen LogP contribution is -2.24. The van der Waals surface area contributed by atoms with Gasteiger partial charge in [-0.3, -0.25) is 0 Å². The van der Waals surface area contributed by atoms with Crippen molar-refractivity contribution in [3.63, 3.8) is 0 Å². The summed E-state index contributed by atoms with van der Waals surface area (Å²) in [5.74, 6) is 1.05. The lowest BCUT2D eigenvalue weighted by atomic mass is 10.4. The zero-order chi connectivity index (χ0) is 9.31. The van der Waals surface area contributed by atoms with Crippen molar-refractivity contribution in [2.45, 2.75) is 23.3 Å². The molecule has 1 nitrogen and oxygen atoms in total. The predicted octanol–water partition coefficient (Wildman–Crippen LogP) is 3.03. The summed E-state index contributed by atoms with van der Waals surface area (Å²) in [5.41, 5.74) is 6.15. The highest BCUT2D eigenvalue weighted by molar-refractivity contribution is 9.10. The quantitative estimate of drug-likeness (QED) is 0.843. The Morgan fingerprint density at radius 2 is 2.23 bits per heavy atom. The Hall–Kier alpha value is 0.01000. The fourth-order valence-corrected chi connectivity index (χ4v) is 2.77. The maximum Gasteiger partial charge on any atom is 0.0250 e. The van der Waals surface area contributed by atoms with Gasteiger partial charge < -0.3 is 5.73 Å². The molecular formula is C10H12BrNS. The van der Waals surface area contributed by atoms with Crippen LogP contribution in [0.15, 0.2) is 33.6 Å². The van der Waals surface area contributed by atoms with E-state index in [-0.39, 0.29) is 5.54 Å². The molecule has 2 N–H and O–H groups in total. The van der Waals surface area contributed by atoms with Gasteiger partial charge in [-0.2, -0.15) is 0 Å². The van der Waals surface area contributed by atoms with Crippen molar-refractivity contribution >= 4 is 27.7 Å². The third-order valence-electron chi connectivity index (χ3n) is 2.21. The van der Waals surface area contributed by atoms with Gasteiger partial charge in [0.15, 0.2) is 0 Å². The van der Waals surface area contributed by atoms with Gasteiger partial charge in [0.1, 0.15) is 0 Å². The molecule has 0 bridgehead atoms. The molecule has 2 rings (SSSR count). The average Bonchev–Trinajstić information content (AvgIpc) is 2.82. The molecule has 0 unspecified atom stereocenters. The standard InChI is InChI=1S/C10H12BrNS/c11-8-2-1-3-9(6-8)13-7-10(12)4-5-10/h1-3,6H,4-5,7,12H2. The van der Waals surface area contributed by atoms with Crippen LogP contribution in [0, 0.1) is 0 Å². The highest BCUT2D eigenvalue weighted by atomic mass is 79.9. The van der Waals surface area contributed by atoms with Crippen molar-refractivity contribution in [3.8, 4) is 0 Å². The van der Waals surface area contributed by atoms with E-state index in [2.05, 4.69) is 34.1 Å². The van der Waals surface area contributed by atoms with Crippen LogP contribution in [0.5, 0.6) is 0 Å². The normalized spacial score (nSPS) is 18.6. The van der Waals surface area contributed by atoms with E-state index in [1.54, 1.807) is 0 Å². The van der Waals surface area contributed by atoms with Gasteiger partial charge in [-0.15, -0.1) is 11.8 Å². The van der Waals surface area contributed by atoms with Crippen LogP contribution in [-0.2, 0) is 0 Å². The first-order chi connectivity index (χ1) is 6.18. The molecule has 1 saturated carbocycles. The second-order valence-electron chi connectivity index (χ2n) is 3.61. The van der Waals surface area contributed by atoms with Crippen LogP contribution in [0.25, 0.3) is 0 Å². The summed E-state index contributed by atoms with van der Waals surface area (Å²) in [4.78, 5) is 1.30. The minimum absolute atomic E-state index is 0.146. The lowest BCUT2D eigenvalue weighted by molar-refractivity contribution is 0.776. The van der Waals surface area contributed by atoms with Crippen LogP contribution in [-0.4, -0.2) is 11.3 Å². The summed E-state index contributed by atoms with van der Waals surface area (Å²) in [6, 6.07) is 8.36. The van der Waals surface area contributed by atoms with E-state index < -0.39 is 0 Å². The summed E-state index contributed by atoms with van der Waals surface area (Å²) >= 11 is 5.30. The zero-order valence-corrected chi connectivity index (χ0v) is 9.70. The van der Waals surface area contributed by atoms with Crippen LogP contribution in [0.3, 0.4) is 0 Å². The molecule has 3 heteroatoms. The van der Waals surface area contributed by atoms with Gasteiger partial charge in [0.2, 0.25) is 0 Å². The van der Waals surface area contributed by atoms with Crippen molar-refractivity contribution in [3.05, 3.63) is 28.7 Å². The predicted molar refractivity (Wildman–Crippen MR) is 61.0 cm³/mol. The maximum atomic E-state index is 6.00. The molecule has 1 aromatic carbocycles. The smallest absolute Gasteiger partial charge is 0.0250 e. The molecule has 0 spiro atoms. The number of benzene rings is 1. The van der Waals surface area contributed by atoms with E-state index in [0.717, 1.165) is 10.2 Å². The molecule has 0 heterocycles. The Morgan fingerprint density at radius 1 is 1.46 bits per heavy atom. The summed E-state index contributed by atoms with van der Waals surface area (Å²) in [6.07, 6.45) is 2.38. The molecule has 1 aliphatic carbocycles. The molecule has 1 fully saturated rings. The third kappa shape index (κ3) is 2.73. The monoisotopic (exact) mass is 257 g/mol. The molecule has 0 aromatic heterocycles. The third-order valence-corrected chi connectivity index (χ3v) is 4.01. The Bertz CT molecular complexity index is 310. The topological polar surface area (TPSA) is 26.0 Å². The molecular weight excluding hydrogens is 246 g/mol. The van der Waals surface area contributed by atoms with Gasteiger partial charge in [0, 0.05) is 20.7 Å². The zero-order valence-electron chi connectivity index (χ0n) is 7.29. The number of hydrogen-bond acceptors (Lipinski definition) is 2. The fraction of sp³-hybridized carbons (Fsp3) is 0.400. The van der Waals surface area contributed by atoms with Crippen molar-refractivity contribution < 1.29 is 0 Å². The van der Waals surface area contributed by atoms with Crippen molar-refractivity contribution in [2.75, 3.05) is 5.75 Å². The average molecular weight is 258 g/mol. The SMILES string of the molecule is NC1(CSc2cccc(Br)c2)CC1. The van der Waals surface area contributed by atoms with E-state index >= 15 is 0 Å². The van der Waals surface area contributed by atoms with Crippen LogP contribution in [0.4, 0.5) is 0 Å². The fourth-order valence-electron chi connectivity index (χ4n) is 1.09. The van der Waals surface area contributed by atoms with Gasteiger partial charge >= 0.3 is 0 Å². The Balaban J connectivity index is 1.94. The number of rotatable bonds is 3. The van der Waals surface area contributed by atoms with E-state index in [1.807, 2.05) is 17.8 Å². The largest absolute Gasteiger partial charge is 0.324 e. The summed E-state index contributed by atoms with van der Waals surface area (Å²) in [5, 5.41) is 0. The first-order valence-electron chi connectivity index (χ1n) is 4.35. The Labute approximate surface area is 91.2 Å². The second-order valence-corrected chi connectivity index (χ2v) is 5.57. The Kier molecular flexibility index (Phi) is 2.67.